The third-order valence-corrected chi connectivity index (χ3v) is 4.69. The smallest absolute Gasteiger partial charge is 0.330 e. The Morgan fingerprint density at radius 3 is 1.73 bits per heavy atom. The lowest BCUT2D eigenvalue weighted by Gasteiger charge is -2.05. The Labute approximate surface area is 179 Å². The monoisotopic (exact) mass is 405 g/mol. The van der Waals surface area contributed by atoms with Crippen LogP contribution in [0, 0.1) is 0 Å². The van der Waals surface area contributed by atoms with Crippen LogP contribution in [-0.4, -0.2) is 25.0 Å². The Bertz CT molecular complexity index is 800. The summed E-state index contributed by atoms with van der Waals surface area (Å²) in [7, 11) is 0. The highest BCUT2D eigenvalue weighted by molar-refractivity contribution is 5.91. The first-order valence-electron chi connectivity index (χ1n) is 10.4. The van der Waals surface area contributed by atoms with Gasteiger partial charge in [-0.3, -0.25) is 4.79 Å². The molecule has 0 aliphatic heterocycles. The van der Waals surface area contributed by atoms with Crippen molar-refractivity contribution in [1.82, 2.24) is 5.32 Å². The standard InChI is InChI=1S/C26H31NO3/c1-19(2)23-11-5-21(6-12-23)9-15-25(28)27-17-18-30-26(29)16-10-22-7-13-24(14-8-22)20(3)4/h5-16,19-20H,17-18H2,1-4H3,(H,27,28)/b15-9+,16-10+. The number of amides is 1. The number of hydrogen-bond donors (Lipinski definition) is 1. The Hall–Kier alpha value is -3.14. The van der Waals surface area contributed by atoms with Crippen LogP contribution in [0.25, 0.3) is 12.2 Å². The van der Waals surface area contributed by atoms with Crippen molar-refractivity contribution >= 4 is 24.0 Å². The molecule has 4 heteroatoms. The third kappa shape index (κ3) is 8.08. The van der Waals surface area contributed by atoms with Crippen molar-refractivity contribution in [1.29, 1.82) is 0 Å². The molecule has 1 amide bonds. The molecule has 30 heavy (non-hydrogen) atoms. The summed E-state index contributed by atoms with van der Waals surface area (Å²) in [5.74, 6) is 0.301. The molecular formula is C26H31NO3. The van der Waals surface area contributed by atoms with Crippen molar-refractivity contribution in [2.75, 3.05) is 13.2 Å². The van der Waals surface area contributed by atoms with Crippen molar-refractivity contribution < 1.29 is 14.3 Å². The van der Waals surface area contributed by atoms with Gasteiger partial charge in [0.25, 0.3) is 0 Å². The maximum Gasteiger partial charge on any atom is 0.330 e. The van der Waals surface area contributed by atoms with Crippen molar-refractivity contribution in [2.24, 2.45) is 0 Å². The largest absolute Gasteiger partial charge is 0.461 e. The number of benzene rings is 2. The highest BCUT2D eigenvalue weighted by atomic mass is 16.5. The predicted molar refractivity (Wildman–Crippen MR) is 123 cm³/mol. The Balaban J connectivity index is 1.68. The van der Waals surface area contributed by atoms with Crippen LogP contribution in [-0.2, 0) is 14.3 Å². The SMILES string of the molecule is CC(C)c1ccc(/C=C/C(=O)NCCOC(=O)/C=C/c2ccc(C(C)C)cc2)cc1. The van der Waals surface area contributed by atoms with Crippen molar-refractivity contribution in [3.8, 4) is 0 Å². The summed E-state index contributed by atoms with van der Waals surface area (Å²) in [4.78, 5) is 23.7. The van der Waals surface area contributed by atoms with E-state index in [0.29, 0.717) is 11.8 Å². The summed E-state index contributed by atoms with van der Waals surface area (Å²) in [5.41, 5.74) is 4.43. The molecule has 0 aliphatic carbocycles. The minimum Gasteiger partial charge on any atom is -0.461 e. The molecule has 0 radical (unpaired) electrons. The van der Waals surface area contributed by atoms with Crippen LogP contribution in [0.1, 0.15) is 61.8 Å². The van der Waals surface area contributed by atoms with Gasteiger partial charge in [0, 0.05) is 12.2 Å². The van der Waals surface area contributed by atoms with E-state index in [1.165, 1.54) is 23.3 Å². The van der Waals surface area contributed by atoms with Gasteiger partial charge in [-0.1, -0.05) is 76.2 Å². The van der Waals surface area contributed by atoms with Gasteiger partial charge >= 0.3 is 5.97 Å². The van der Waals surface area contributed by atoms with E-state index in [1.54, 1.807) is 12.2 Å². The number of carbonyl (C=O) groups excluding carboxylic acids is 2. The number of carbonyl (C=O) groups is 2. The number of nitrogens with one attached hydrogen (secondary N) is 1. The normalized spacial score (nSPS) is 11.5. The first kappa shape index (κ1) is 23.1. The van der Waals surface area contributed by atoms with Crippen LogP contribution in [0.2, 0.25) is 0 Å². The van der Waals surface area contributed by atoms with E-state index in [1.807, 2.05) is 24.3 Å². The average Bonchev–Trinajstić information content (AvgIpc) is 2.74. The molecule has 0 spiro atoms. The van der Waals surface area contributed by atoms with Crippen LogP contribution < -0.4 is 5.32 Å². The highest BCUT2D eigenvalue weighted by Crippen LogP contribution is 2.16. The van der Waals surface area contributed by atoms with Gasteiger partial charge in [0.05, 0.1) is 6.54 Å². The number of esters is 1. The Kier molecular flexibility index (Phi) is 9.07. The number of rotatable bonds is 9. The zero-order chi connectivity index (χ0) is 21.9. The maximum atomic E-state index is 11.9. The van der Waals surface area contributed by atoms with Crippen molar-refractivity contribution in [2.45, 2.75) is 39.5 Å². The molecule has 2 aromatic rings. The van der Waals surface area contributed by atoms with E-state index in [4.69, 9.17) is 4.74 Å². The first-order valence-corrected chi connectivity index (χ1v) is 10.4. The molecule has 0 saturated heterocycles. The summed E-state index contributed by atoms with van der Waals surface area (Å²) in [5, 5.41) is 2.70. The van der Waals surface area contributed by atoms with Gasteiger partial charge in [-0.15, -0.1) is 0 Å². The first-order chi connectivity index (χ1) is 14.3. The molecule has 0 saturated carbocycles. The van der Waals surface area contributed by atoms with Gasteiger partial charge in [-0.25, -0.2) is 4.79 Å². The molecular weight excluding hydrogens is 374 g/mol. The Morgan fingerprint density at radius 2 is 1.27 bits per heavy atom. The summed E-state index contributed by atoms with van der Waals surface area (Å²) in [6, 6.07) is 16.2. The summed E-state index contributed by atoms with van der Waals surface area (Å²) in [6.07, 6.45) is 6.36. The molecule has 0 aliphatic rings. The summed E-state index contributed by atoms with van der Waals surface area (Å²) < 4.78 is 5.11. The fourth-order valence-electron chi connectivity index (χ4n) is 2.75. The van der Waals surface area contributed by atoms with E-state index in [2.05, 4.69) is 57.3 Å². The van der Waals surface area contributed by atoms with Gasteiger partial charge in [-0.2, -0.15) is 0 Å². The lowest BCUT2D eigenvalue weighted by molar-refractivity contribution is -0.137. The zero-order valence-electron chi connectivity index (χ0n) is 18.2. The lowest BCUT2D eigenvalue weighted by atomic mass is 10.0. The fourth-order valence-corrected chi connectivity index (χ4v) is 2.75. The predicted octanol–water partition coefficient (Wildman–Crippen LogP) is 5.32. The summed E-state index contributed by atoms with van der Waals surface area (Å²) >= 11 is 0. The second-order valence-corrected chi connectivity index (χ2v) is 7.77. The zero-order valence-corrected chi connectivity index (χ0v) is 18.2. The van der Waals surface area contributed by atoms with Gasteiger partial charge in [0.1, 0.15) is 6.61 Å². The highest BCUT2D eigenvalue weighted by Gasteiger charge is 2.01. The summed E-state index contributed by atoms with van der Waals surface area (Å²) in [6.45, 7) is 8.95. The Morgan fingerprint density at radius 1 is 0.800 bits per heavy atom. The van der Waals surface area contributed by atoms with E-state index < -0.39 is 5.97 Å². The van der Waals surface area contributed by atoms with Crippen LogP contribution in [0.4, 0.5) is 0 Å². The third-order valence-electron chi connectivity index (χ3n) is 4.69. The molecule has 2 rings (SSSR count). The molecule has 0 aromatic heterocycles. The van der Waals surface area contributed by atoms with Gasteiger partial charge < -0.3 is 10.1 Å². The van der Waals surface area contributed by atoms with E-state index in [0.717, 1.165) is 11.1 Å². The molecule has 0 atom stereocenters. The van der Waals surface area contributed by atoms with E-state index in [9.17, 15) is 9.59 Å². The quantitative estimate of drug-likeness (QED) is 0.349. The van der Waals surface area contributed by atoms with Crippen molar-refractivity contribution in [3.63, 3.8) is 0 Å². The minimum atomic E-state index is -0.432. The second kappa shape index (κ2) is 11.8. The molecule has 2 aromatic carbocycles. The molecule has 0 fully saturated rings. The van der Waals surface area contributed by atoms with E-state index in [-0.39, 0.29) is 19.1 Å². The maximum absolute atomic E-state index is 11.9. The molecule has 0 heterocycles. The van der Waals surface area contributed by atoms with Crippen LogP contribution in [0.3, 0.4) is 0 Å². The van der Waals surface area contributed by atoms with E-state index >= 15 is 0 Å². The average molecular weight is 406 g/mol. The van der Waals surface area contributed by atoms with Crippen molar-refractivity contribution in [3.05, 3.63) is 82.9 Å². The molecule has 4 nitrogen and oxygen atoms in total. The molecule has 0 unspecified atom stereocenters. The van der Waals surface area contributed by atoms with Gasteiger partial charge in [0.15, 0.2) is 0 Å². The van der Waals surface area contributed by atoms with Crippen LogP contribution in [0.5, 0.6) is 0 Å². The molecule has 0 bridgehead atoms. The van der Waals surface area contributed by atoms with Crippen LogP contribution in [0.15, 0.2) is 60.7 Å². The number of ether oxygens (including phenoxy) is 1. The van der Waals surface area contributed by atoms with Crippen LogP contribution >= 0.6 is 0 Å². The fraction of sp³-hybridized carbons (Fsp3) is 0.308. The second-order valence-electron chi connectivity index (χ2n) is 7.77. The van der Waals surface area contributed by atoms with Gasteiger partial charge in [0.2, 0.25) is 5.91 Å². The number of hydrogen-bond acceptors (Lipinski definition) is 3. The molecule has 158 valence electrons. The topological polar surface area (TPSA) is 55.4 Å². The minimum absolute atomic E-state index is 0.123. The van der Waals surface area contributed by atoms with Gasteiger partial charge in [-0.05, 0) is 46.2 Å². The molecule has 1 N–H and O–H groups in total. The lowest BCUT2D eigenvalue weighted by Crippen LogP contribution is -2.26.